The van der Waals surface area contributed by atoms with Crippen LogP contribution in [0.15, 0.2) is 55.1 Å². The van der Waals surface area contributed by atoms with Crippen LogP contribution in [-0.4, -0.2) is 158 Å². The van der Waals surface area contributed by atoms with Crippen LogP contribution in [-0.2, 0) is 59.8 Å². The maximum Gasteiger partial charge on any atom is 0.472 e. The van der Waals surface area contributed by atoms with Crippen LogP contribution in [0, 0.1) is 6.92 Å². The van der Waals surface area contributed by atoms with Crippen LogP contribution in [0.1, 0.15) is 56.2 Å². The summed E-state index contributed by atoms with van der Waals surface area (Å²) in [5.41, 5.74) is 12.9. The van der Waals surface area contributed by atoms with Crippen LogP contribution >= 0.6 is 23.5 Å². The van der Waals surface area contributed by atoms with Gasteiger partial charge in [-0.2, -0.15) is 15.0 Å². The molecule has 38 nitrogen and oxygen atoms in total. The Labute approximate surface area is 444 Å². The average Bonchev–Trinajstić information content (AvgIpc) is 4.36. The minimum absolute atomic E-state index is 0.0295. The van der Waals surface area contributed by atoms with Gasteiger partial charge in [-0.1, -0.05) is 0 Å². The van der Waals surface area contributed by atoms with Crippen molar-refractivity contribution in [2.24, 2.45) is 0 Å². The number of hydrogen-bond donors (Lipinski definition) is 11. The smallest absolute Gasteiger partial charge is 0.394 e. The van der Waals surface area contributed by atoms with E-state index in [0.717, 1.165) is 21.7 Å². The molecular weight excluding hydrogens is 1140 g/mol. The number of aromatic nitrogens is 12. The van der Waals surface area contributed by atoms with Crippen LogP contribution in [0.2, 0.25) is 0 Å². The standard InChI is InChI=1S/C39H50N15O23P3/c1-15-8-52(39(61)50-33(15)57)27-6-18(22(73-27)11-69-79(64,65)75-17-5-26(71-20(17)9-55)51-3-2-24(40)45-38(51)60)76-80(66,67)70-12-23-19(7-28(74-23)54-14-44-30-32(54)47-37(42)49-35(30)59)77-78(62,63)68-10-21-16(56)4-25(72-21)53-13-43-29-31(53)46-36(41)48-34(29)58/h2-3,8,13-14,16-23,25-28,55-56H,4-7,9-12H2,1H3,(H,62,63)(H,64,65)(H,66,67)(H2,40,45,60)(H,50,57,61)(H3,41,46,48,58)(H3,42,47,49,59)/t16-,17-,18-,19-,20+,21+,22+,23+,25+,26+,27+,28+/m0/s1. The fourth-order valence-electron chi connectivity index (χ4n) is 9.31. The summed E-state index contributed by atoms with van der Waals surface area (Å²) >= 11 is 0. The molecule has 4 aliphatic heterocycles. The number of H-pyrrole nitrogens is 3. The highest BCUT2D eigenvalue weighted by molar-refractivity contribution is 7.48. The van der Waals surface area contributed by atoms with E-state index in [2.05, 4.69) is 39.9 Å². The molecule has 10 rings (SSSR count). The van der Waals surface area contributed by atoms with Crippen LogP contribution < -0.4 is 45.3 Å². The van der Waals surface area contributed by atoms with Gasteiger partial charge < -0.3 is 61.0 Å². The summed E-state index contributed by atoms with van der Waals surface area (Å²) in [6, 6.07) is 1.30. The van der Waals surface area contributed by atoms with Crippen molar-refractivity contribution in [2.45, 2.75) is 106 Å². The molecule has 0 aromatic carbocycles. The molecule has 4 saturated heterocycles. The number of aliphatic hydroxyl groups is 2. The summed E-state index contributed by atoms with van der Waals surface area (Å²) < 4.78 is 102. The minimum atomic E-state index is -5.42. The molecule has 0 radical (unpaired) electrons. The molecule has 6 aromatic heterocycles. The molecule has 0 aliphatic carbocycles. The molecule has 434 valence electrons. The Bertz CT molecular complexity index is 3770. The number of hydrogen-bond acceptors (Lipinski definition) is 28. The van der Waals surface area contributed by atoms with E-state index in [9.17, 15) is 62.6 Å². The van der Waals surface area contributed by atoms with E-state index < -0.39 is 158 Å². The van der Waals surface area contributed by atoms with Crippen LogP contribution in [0.25, 0.3) is 22.3 Å². The number of ether oxygens (including phenoxy) is 4. The van der Waals surface area contributed by atoms with E-state index in [-0.39, 0.29) is 64.9 Å². The molecule has 0 amide bonds. The van der Waals surface area contributed by atoms with Crippen molar-refractivity contribution >= 4 is 63.5 Å². The highest BCUT2D eigenvalue weighted by Crippen LogP contribution is 2.53. The fraction of sp³-hybridized carbons (Fsp3) is 0.538. The Hall–Kier alpha value is -6.25. The van der Waals surface area contributed by atoms with Gasteiger partial charge in [-0.05, 0) is 13.0 Å². The van der Waals surface area contributed by atoms with Gasteiger partial charge in [0.1, 0.15) is 73.5 Å². The number of fused-ring (bicyclic) bond motifs is 2. The summed E-state index contributed by atoms with van der Waals surface area (Å²) in [5.74, 6) is -0.622. The Morgan fingerprint density at radius 2 is 1.05 bits per heavy atom. The molecule has 41 heteroatoms. The number of phosphoric ester groups is 3. The number of aliphatic hydroxyl groups excluding tert-OH is 2. The second kappa shape index (κ2) is 22.2. The molecule has 14 N–H and O–H groups in total. The fourth-order valence-corrected chi connectivity index (χ4v) is 12.2. The third-order valence-electron chi connectivity index (χ3n) is 13.1. The highest BCUT2D eigenvalue weighted by atomic mass is 31.2. The first-order chi connectivity index (χ1) is 37.8. The first-order valence-corrected chi connectivity index (χ1v) is 28.3. The molecule has 0 spiro atoms. The lowest BCUT2D eigenvalue weighted by Gasteiger charge is -2.25. The number of nitrogen functional groups attached to an aromatic ring is 3. The van der Waals surface area contributed by atoms with Gasteiger partial charge in [0.25, 0.3) is 16.7 Å². The summed E-state index contributed by atoms with van der Waals surface area (Å²) in [7, 11) is -15.9. The molecule has 3 unspecified atom stereocenters. The van der Waals surface area contributed by atoms with Gasteiger partial charge in [0.05, 0.1) is 45.2 Å². The van der Waals surface area contributed by atoms with Gasteiger partial charge in [-0.25, -0.2) is 33.3 Å². The van der Waals surface area contributed by atoms with E-state index in [1.165, 1.54) is 34.6 Å². The lowest BCUT2D eigenvalue weighted by molar-refractivity contribution is -0.0630. The molecular formula is C39H50N15O23P3. The third-order valence-corrected chi connectivity index (χ3v) is 16.1. The number of anilines is 3. The first kappa shape index (κ1) is 57.0. The predicted molar refractivity (Wildman–Crippen MR) is 263 cm³/mol. The molecule has 4 aliphatic rings. The number of aromatic amines is 3. The number of nitrogens with two attached hydrogens (primary N) is 3. The van der Waals surface area contributed by atoms with Crippen molar-refractivity contribution in [1.82, 2.24) is 58.1 Å². The van der Waals surface area contributed by atoms with E-state index in [0.29, 0.717) is 0 Å². The second-order valence-electron chi connectivity index (χ2n) is 18.5. The number of phosphoric acid groups is 3. The molecule has 6 aromatic rings. The highest BCUT2D eigenvalue weighted by Gasteiger charge is 2.48. The molecule has 4 fully saturated rings. The lowest BCUT2D eigenvalue weighted by Crippen LogP contribution is -2.33. The van der Waals surface area contributed by atoms with Crippen LogP contribution in [0.3, 0.4) is 0 Å². The number of nitrogens with one attached hydrogen (secondary N) is 3. The first-order valence-electron chi connectivity index (χ1n) is 23.8. The van der Waals surface area contributed by atoms with E-state index in [4.69, 9.17) is 63.3 Å². The monoisotopic (exact) mass is 1190 g/mol. The Balaban J connectivity index is 0.836. The van der Waals surface area contributed by atoms with Gasteiger partial charge in [0.2, 0.25) is 11.9 Å². The summed E-state index contributed by atoms with van der Waals surface area (Å²) in [6.45, 7) is -2.06. The zero-order valence-electron chi connectivity index (χ0n) is 41.2. The summed E-state index contributed by atoms with van der Waals surface area (Å²) in [4.78, 5) is 122. The van der Waals surface area contributed by atoms with Crippen molar-refractivity contribution in [1.29, 1.82) is 0 Å². The number of imidazole rings is 2. The van der Waals surface area contributed by atoms with Crippen molar-refractivity contribution in [3.8, 4) is 0 Å². The quantitative estimate of drug-likeness (QED) is 0.0342. The maximum absolute atomic E-state index is 13.9. The van der Waals surface area contributed by atoms with Gasteiger partial charge in [0.15, 0.2) is 22.3 Å². The largest absolute Gasteiger partial charge is 0.472 e. The van der Waals surface area contributed by atoms with Crippen molar-refractivity contribution in [3.63, 3.8) is 0 Å². The number of aryl methyl sites for hydroxylation is 1. The topological polar surface area (TPSA) is 540 Å². The summed E-state index contributed by atoms with van der Waals surface area (Å²) in [5, 5.41) is 20.9. The van der Waals surface area contributed by atoms with Crippen LogP contribution in [0.5, 0.6) is 0 Å². The number of nitrogens with zero attached hydrogens (tertiary/aromatic N) is 9. The summed E-state index contributed by atoms with van der Waals surface area (Å²) in [6.07, 6.45) is -12.9. The predicted octanol–water partition coefficient (Wildman–Crippen LogP) is -2.88. The number of rotatable bonds is 20. The zero-order valence-corrected chi connectivity index (χ0v) is 43.8. The second-order valence-corrected chi connectivity index (χ2v) is 22.7. The van der Waals surface area contributed by atoms with Crippen molar-refractivity contribution in [3.05, 3.63) is 88.7 Å². The molecule has 0 bridgehead atoms. The average molecular weight is 1190 g/mol. The van der Waals surface area contributed by atoms with E-state index >= 15 is 0 Å². The Kier molecular flexibility index (Phi) is 15.9. The third kappa shape index (κ3) is 12.2. The maximum atomic E-state index is 13.9. The van der Waals surface area contributed by atoms with Gasteiger partial charge in [0, 0.05) is 43.6 Å². The van der Waals surface area contributed by atoms with Gasteiger partial charge in [-0.15, -0.1) is 0 Å². The zero-order chi connectivity index (χ0) is 57.2. The van der Waals surface area contributed by atoms with Gasteiger partial charge >= 0.3 is 34.8 Å². The Morgan fingerprint density at radius 3 is 1.55 bits per heavy atom. The molecule has 80 heavy (non-hydrogen) atoms. The SMILES string of the molecule is Cc1cn([C@H]2C[C@H](OP(=O)(O)OC[C@H]3O[C@@H](n4cnc5c(=O)[nH]c(N)nc54)C[C@@H]3OP(=O)(O)OC[C@H]3O[C@@H](n4cnc5c(=O)[nH]c(N)nc54)C[C@@H]3O)[C@@H](COP(=O)(O)O[C@H]3C[C@H](n4ccc(N)nc4=O)O[C@@H]3CO)O2)c(=O)[nH]c1=O. The van der Waals surface area contributed by atoms with Crippen molar-refractivity contribution in [2.75, 3.05) is 43.6 Å². The molecule has 0 saturated carbocycles. The molecule has 15 atom stereocenters. The Morgan fingerprint density at radius 1 is 0.613 bits per heavy atom. The van der Waals surface area contributed by atoms with Gasteiger partial charge in [-0.3, -0.25) is 74.7 Å². The van der Waals surface area contributed by atoms with Crippen molar-refractivity contribution < 1.29 is 84.7 Å². The van der Waals surface area contributed by atoms with E-state index in [1.807, 2.05) is 0 Å². The molecule has 10 heterocycles. The lowest BCUT2D eigenvalue weighted by atomic mass is 10.2. The normalized spacial score (nSPS) is 29.3. The minimum Gasteiger partial charge on any atom is -0.394 e. The van der Waals surface area contributed by atoms with E-state index in [1.54, 1.807) is 0 Å². The van der Waals surface area contributed by atoms with Crippen LogP contribution in [0.4, 0.5) is 17.7 Å².